The monoisotopic (exact) mass is 273 g/mol. The van der Waals surface area contributed by atoms with Gasteiger partial charge in [-0.2, -0.15) is 0 Å². The number of aryl methyl sites for hydroxylation is 2. The minimum atomic E-state index is -0.0298. The summed E-state index contributed by atoms with van der Waals surface area (Å²) in [7, 11) is 0. The number of carbonyl (C=O) groups is 1. The fourth-order valence-electron chi connectivity index (χ4n) is 2.78. The molecular formula is C16H19NO3. The topological polar surface area (TPSA) is 55.4 Å². The van der Waals surface area contributed by atoms with Crippen LogP contribution < -0.4 is 5.32 Å². The first-order chi connectivity index (χ1) is 9.56. The van der Waals surface area contributed by atoms with Gasteiger partial charge >= 0.3 is 0 Å². The quantitative estimate of drug-likeness (QED) is 0.928. The molecule has 0 saturated heterocycles. The smallest absolute Gasteiger partial charge is 0.224 e. The molecule has 2 aromatic rings. The molecule has 3 rings (SSSR count). The number of furan rings is 2. The molecule has 4 heteroatoms. The van der Waals surface area contributed by atoms with E-state index in [2.05, 4.69) is 5.32 Å². The molecule has 1 fully saturated rings. The highest BCUT2D eigenvalue weighted by Gasteiger charge is 2.46. The van der Waals surface area contributed by atoms with Crippen LogP contribution in [0.5, 0.6) is 0 Å². The van der Waals surface area contributed by atoms with Gasteiger partial charge in [-0.3, -0.25) is 4.79 Å². The third-order valence-electron chi connectivity index (χ3n) is 3.94. The van der Waals surface area contributed by atoms with Crippen LogP contribution in [-0.2, 0) is 4.79 Å². The minimum absolute atomic E-state index is 0.0298. The maximum absolute atomic E-state index is 12.2. The lowest BCUT2D eigenvalue weighted by Gasteiger charge is -2.13. The van der Waals surface area contributed by atoms with Gasteiger partial charge in [0, 0.05) is 17.4 Å². The zero-order valence-electron chi connectivity index (χ0n) is 12.0. The lowest BCUT2D eigenvalue weighted by Crippen LogP contribution is -2.28. The van der Waals surface area contributed by atoms with Crippen LogP contribution in [0.2, 0.25) is 0 Å². The molecule has 1 amide bonds. The van der Waals surface area contributed by atoms with Crippen molar-refractivity contribution in [3.05, 3.63) is 47.3 Å². The number of rotatable bonds is 4. The number of amides is 1. The van der Waals surface area contributed by atoms with Crippen molar-refractivity contribution in [1.29, 1.82) is 0 Å². The van der Waals surface area contributed by atoms with Gasteiger partial charge < -0.3 is 14.2 Å². The van der Waals surface area contributed by atoms with Crippen molar-refractivity contribution in [3.8, 4) is 0 Å². The largest absolute Gasteiger partial charge is 0.469 e. The first kappa shape index (κ1) is 13.0. The van der Waals surface area contributed by atoms with E-state index in [0.29, 0.717) is 0 Å². The second-order valence-electron chi connectivity index (χ2n) is 5.56. The maximum atomic E-state index is 12.2. The van der Waals surface area contributed by atoms with E-state index >= 15 is 0 Å². The van der Waals surface area contributed by atoms with Gasteiger partial charge in [0.05, 0.1) is 12.3 Å². The lowest BCUT2D eigenvalue weighted by molar-refractivity contribution is -0.123. The third kappa shape index (κ3) is 2.38. The molecule has 0 spiro atoms. The minimum Gasteiger partial charge on any atom is -0.469 e. The van der Waals surface area contributed by atoms with Crippen LogP contribution in [0.25, 0.3) is 0 Å². The molecule has 0 aliphatic heterocycles. The van der Waals surface area contributed by atoms with Crippen LogP contribution in [0, 0.1) is 19.8 Å². The summed E-state index contributed by atoms with van der Waals surface area (Å²) in [4.78, 5) is 12.2. The number of hydrogen-bond donors (Lipinski definition) is 1. The zero-order valence-corrected chi connectivity index (χ0v) is 12.0. The predicted molar refractivity (Wildman–Crippen MR) is 74.3 cm³/mol. The van der Waals surface area contributed by atoms with Crippen molar-refractivity contribution in [2.24, 2.45) is 5.92 Å². The van der Waals surface area contributed by atoms with Crippen molar-refractivity contribution in [2.75, 3.05) is 0 Å². The van der Waals surface area contributed by atoms with Gasteiger partial charge in [0.1, 0.15) is 17.3 Å². The van der Waals surface area contributed by atoms with Crippen molar-refractivity contribution < 1.29 is 13.6 Å². The molecule has 1 aliphatic carbocycles. The normalized spacial score (nSPS) is 22.6. The van der Waals surface area contributed by atoms with Crippen LogP contribution in [0.3, 0.4) is 0 Å². The van der Waals surface area contributed by atoms with Crippen LogP contribution in [0.4, 0.5) is 0 Å². The Balaban J connectivity index is 1.61. The predicted octanol–water partition coefficient (Wildman–Crippen LogP) is 3.47. The average Bonchev–Trinajstić information content (AvgIpc) is 2.85. The van der Waals surface area contributed by atoms with Gasteiger partial charge in [-0.25, -0.2) is 0 Å². The maximum Gasteiger partial charge on any atom is 0.224 e. The Morgan fingerprint density at radius 3 is 2.85 bits per heavy atom. The van der Waals surface area contributed by atoms with Crippen LogP contribution >= 0.6 is 0 Å². The van der Waals surface area contributed by atoms with Crippen molar-refractivity contribution >= 4 is 5.91 Å². The Hall–Kier alpha value is -1.97. The first-order valence-electron chi connectivity index (χ1n) is 6.97. The third-order valence-corrected chi connectivity index (χ3v) is 3.94. The summed E-state index contributed by atoms with van der Waals surface area (Å²) in [5.41, 5.74) is 1.05. The molecule has 2 heterocycles. The second-order valence-corrected chi connectivity index (χ2v) is 5.56. The summed E-state index contributed by atoms with van der Waals surface area (Å²) >= 11 is 0. The Bertz CT molecular complexity index is 612. The van der Waals surface area contributed by atoms with E-state index in [0.717, 1.165) is 29.3 Å². The molecule has 4 nitrogen and oxygen atoms in total. The van der Waals surface area contributed by atoms with E-state index in [1.807, 2.05) is 39.0 Å². The zero-order chi connectivity index (χ0) is 14.3. The van der Waals surface area contributed by atoms with Crippen LogP contribution in [0.15, 0.2) is 33.3 Å². The van der Waals surface area contributed by atoms with Crippen molar-refractivity contribution in [1.82, 2.24) is 5.32 Å². The van der Waals surface area contributed by atoms with Gasteiger partial charge in [0.2, 0.25) is 5.91 Å². The summed E-state index contributed by atoms with van der Waals surface area (Å²) in [6.07, 6.45) is 2.53. The fraction of sp³-hybridized carbons (Fsp3) is 0.438. The molecular weight excluding hydrogens is 254 g/mol. The highest BCUT2D eigenvalue weighted by molar-refractivity contribution is 5.83. The van der Waals surface area contributed by atoms with E-state index in [1.54, 1.807) is 6.26 Å². The van der Waals surface area contributed by atoms with Crippen molar-refractivity contribution in [3.63, 3.8) is 0 Å². The summed E-state index contributed by atoms with van der Waals surface area (Å²) in [5.74, 6) is 3.03. The molecule has 106 valence electrons. The Labute approximate surface area is 118 Å². The van der Waals surface area contributed by atoms with Gasteiger partial charge in [-0.15, -0.1) is 0 Å². The lowest BCUT2D eigenvalue weighted by atomic mass is 10.1. The van der Waals surface area contributed by atoms with Crippen LogP contribution in [0.1, 0.15) is 48.1 Å². The average molecular weight is 273 g/mol. The van der Waals surface area contributed by atoms with Crippen molar-refractivity contribution in [2.45, 2.75) is 39.2 Å². The number of carbonyl (C=O) groups excluding carboxylic acids is 1. The van der Waals surface area contributed by atoms with E-state index in [9.17, 15) is 4.79 Å². The van der Waals surface area contributed by atoms with Gasteiger partial charge in [-0.05, 0) is 45.4 Å². The van der Waals surface area contributed by atoms with E-state index in [4.69, 9.17) is 8.83 Å². The highest BCUT2D eigenvalue weighted by Crippen LogP contribution is 2.47. The molecule has 3 unspecified atom stereocenters. The van der Waals surface area contributed by atoms with Gasteiger partial charge in [0.15, 0.2) is 0 Å². The van der Waals surface area contributed by atoms with E-state index < -0.39 is 0 Å². The SMILES string of the molecule is Cc1cc(C(C)NC(=O)C2CC2c2ccco2)c(C)o1. The summed E-state index contributed by atoms with van der Waals surface area (Å²) < 4.78 is 10.9. The molecule has 1 N–H and O–H groups in total. The molecule has 1 aliphatic rings. The summed E-state index contributed by atoms with van der Waals surface area (Å²) in [5, 5.41) is 3.06. The van der Waals surface area contributed by atoms with E-state index in [-0.39, 0.29) is 23.8 Å². The Morgan fingerprint density at radius 2 is 2.25 bits per heavy atom. The molecule has 3 atom stereocenters. The molecule has 0 bridgehead atoms. The molecule has 20 heavy (non-hydrogen) atoms. The highest BCUT2D eigenvalue weighted by atomic mass is 16.3. The molecule has 1 saturated carbocycles. The Kier molecular flexibility index (Phi) is 3.16. The summed E-state index contributed by atoms with van der Waals surface area (Å²) in [6.45, 7) is 5.83. The molecule has 0 aromatic carbocycles. The first-order valence-corrected chi connectivity index (χ1v) is 6.97. The standard InChI is InChI=1S/C16H19NO3/c1-9-7-12(11(3)20-9)10(2)17-16(18)14-8-13(14)15-5-4-6-19-15/h4-7,10,13-14H,8H2,1-3H3,(H,17,18). The van der Waals surface area contributed by atoms with Gasteiger partial charge in [-0.1, -0.05) is 0 Å². The van der Waals surface area contributed by atoms with E-state index in [1.165, 1.54) is 0 Å². The molecule has 0 radical (unpaired) electrons. The number of nitrogens with one attached hydrogen (secondary N) is 1. The molecule has 2 aromatic heterocycles. The fourth-order valence-corrected chi connectivity index (χ4v) is 2.78. The van der Waals surface area contributed by atoms with Gasteiger partial charge in [0.25, 0.3) is 0 Å². The van der Waals surface area contributed by atoms with Crippen LogP contribution in [-0.4, -0.2) is 5.91 Å². The second kappa shape index (κ2) is 4.85. The number of hydrogen-bond acceptors (Lipinski definition) is 3. The Morgan fingerprint density at radius 1 is 1.45 bits per heavy atom. The summed E-state index contributed by atoms with van der Waals surface area (Å²) in [6, 6.07) is 5.75.